The number of aliphatic hydroxyl groups is 1. The number of nitrogens with one attached hydrogen (secondary N) is 1. The van der Waals surface area contributed by atoms with Crippen LogP contribution in [0.25, 0.3) is 0 Å². The lowest BCUT2D eigenvalue weighted by Crippen LogP contribution is -2.41. The van der Waals surface area contributed by atoms with Gasteiger partial charge < -0.3 is 14.8 Å². The fourth-order valence-corrected chi connectivity index (χ4v) is 2.37. The van der Waals surface area contributed by atoms with E-state index in [4.69, 9.17) is 5.11 Å². The first-order valence-corrected chi connectivity index (χ1v) is 7.18. The molecule has 0 saturated carbocycles. The van der Waals surface area contributed by atoms with E-state index in [1.54, 1.807) is 20.8 Å². The van der Waals surface area contributed by atoms with E-state index in [2.05, 4.69) is 4.72 Å². The van der Waals surface area contributed by atoms with E-state index in [0.717, 1.165) is 6.07 Å². The van der Waals surface area contributed by atoms with Crippen molar-refractivity contribution in [3.63, 3.8) is 0 Å². The summed E-state index contributed by atoms with van der Waals surface area (Å²) in [5, 5.41) is 18.8. The number of benzene rings is 1. The van der Waals surface area contributed by atoms with Gasteiger partial charge in [-0.25, -0.2) is 4.39 Å². The fourth-order valence-electron chi connectivity index (χ4n) is 1.52. The molecule has 0 aliphatic carbocycles. The molecule has 2 atom stereocenters. The van der Waals surface area contributed by atoms with Crippen LogP contribution in [0.3, 0.4) is 0 Å². The zero-order valence-corrected chi connectivity index (χ0v) is 12.1. The van der Waals surface area contributed by atoms with Crippen molar-refractivity contribution in [2.24, 2.45) is 0 Å². The maximum Gasteiger partial charge on any atom is 0.136 e. The van der Waals surface area contributed by atoms with Crippen LogP contribution in [-0.4, -0.2) is 26.1 Å². The third kappa shape index (κ3) is 4.65. The molecule has 0 fully saturated rings. The van der Waals surface area contributed by atoms with Gasteiger partial charge in [0.05, 0.1) is 6.04 Å². The predicted octanol–water partition coefficient (Wildman–Crippen LogP) is 2.01. The molecule has 0 aromatic heterocycles. The molecular weight excluding hydrogens is 269 g/mol. The Bertz CT molecular complexity index is 423. The number of phenolic OH excluding ortho intramolecular Hbond substituents is 1. The second-order valence-corrected chi connectivity index (χ2v) is 7.26. The zero-order chi connectivity index (χ0) is 14.6. The largest absolute Gasteiger partial charge is 0.598 e. The van der Waals surface area contributed by atoms with Crippen molar-refractivity contribution < 1.29 is 19.2 Å². The van der Waals surface area contributed by atoms with E-state index < -0.39 is 28.0 Å². The van der Waals surface area contributed by atoms with E-state index >= 15 is 0 Å². The van der Waals surface area contributed by atoms with Gasteiger partial charge in [-0.05, 0) is 45.4 Å². The van der Waals surface area contributed by atoms with E-state index in [1.165, 1.54) is 12.1 Å². The highest BCUT2D eigenvalue weighted by Gasteiger charge is 2.30. The van der Waals surface area contributed by atoms with Crippen molar-refractivity contribution >= 4 is 11.4 Å². The van der Waals surface area contributed by atoms with Crippen LogP contribution in [0.4, 0.5) is 4.39 Å². The van der Waals surface area contributed by atoms with Crippen LogP contribution in [0.5, 0.6) is 5.75 Å². The Morgan fingerprint density at radius 2 is 2.05 bits per heavy atom. The summed E-state index contributed by atoms with van der Waals surface area (Å²) >= 11 is -1.38. The van der Waals surface area contributed by atoms with Crippen LogP contribution in [0.2, 0.25) is 0 Å². The summed E-state index contributed by atoms with van der Waals surface area (Å²) in [5.74, 6) is -0.572. The number of rotatable bonds is 5. The first kappa shape index (κ1) is 16.2. The summed E-state index contributed by atoms with van der Waals surface area (Å²) in [6.45, 7) is 5.25. The highest BCUT2D eigenvalue weighted by atomic mass is 32.2. The van der Waals surface area contributed by atoms with E-state index in [0.29, 0.717) is 5.56 Å². The average molecular weight is 289 g/mol. The Kier molecular flexibility index (Phi) is 5.61. The summed E-state index contributed by atoms with van der Waals surface area (Å²) in [4.78, 5) is 0. The van der Waals surface area contributed by atoms with Crippen LogP contribution in [0.15, 0.2) is 18.2 Å². The molecule has 0 spiro atoms. The quantitative estimate of drug-likeness (QED) is 0.725. The van der Waals surface area contributed by atoms with Crippen LogP contribution in [0.1, 0.15) is 38.8 Å². The first-order chi connectivity index (χ1) is 8.75. The third-order valence-electron chi connectivity index (χ3n) is 2.59. The molecule has 0 heterocycles. The SMILES string of the molecule is CC(C)(C)[S+]([O-])NC(CCO)c1cc(F)ccc1O. The molecular formula is C13H20FNO3S. The van der Waals surface area contributed by atoms with Gasteiger partial charge in [-0.2, -0.15) is 0 Å². The molecule has 1 aromatic carbocycles. The Labute approximate surface area is 116 Å². The van der Waals surface area contributed by atoms with Crippen LogP contribution < -0.4 is 4.72 Å². The summed E-state index contributed by atoms with van der Waals surface area (Å²) in [6.07, 6.45) is 0.235. The number of aromatic hydroxyl groups is 1. The number of hydrogen-bond donors (Lipinski definition) is 3. The minimum atomic E-state index is -1.38. The molecule has 3 N–H and O–H groups in total. The van der Waals surface area contributed by atoms with Crippen molar-refractivity contribution in [1.29, 1.82) is 0 Å². The van der Waals surface area contributed by atoms with Gasteiger partial charge in [-0.1, -0.05) is 0 Å². The third-order valence-corrected chi connectivity index (χ3v) is 4.20. The molecule has 0 amide bonds. The second kappa shape index (κ2) is 6.56. The average Bonchev–Trinajstić information content (AvgIpc) is 2.30. The number of halogens is 1. The maximum absolute atomic E-state index is 13.2. The molecule has 19 heavy (non-hydrogen) atoms. The molecule has 0 aliphatic heterocycles. The number of aliphatic hydroxyl groups excluding tert-OH is 1. The highest BCUT2D eigenvalue weighted by molar-refractivity contribution is 7.90. The molecule has 6 heteroatoms. The van der Waals surface area contributed by atoms with Crippen molar-refractivity contribution in [3.8, 4) is 5.75 Å². The van der Waals surface area contributed by atoms with E-state index in [1.807, 2.05) is 0 Å². The Hall–Kier alpha value is -0.820. The summed E-state index contributed by atoms with van der Waals surface area (Å²) in [5.41, 5.74) is 0.298. The number of phenols is 1. The monoisotopic (exact) mass is 289 g/mol. The molecule has 0 radical (unpaired) electrons. The van der Waals surface area contributed by atoms with E-state index in [-0.39, 0.29) is 18.8 Å². The highest BCUT2D eigenvalue weighted by Crippen LogP contribution is 2.29. The Morgan fingerprint density at radius 3 is 2.58 bits per heavy atom. The van der Waals surface area contributed by atoms with Crippen LogP contribution >= 0.6 is 0 Å². The fraction of sp³-hybridized carbons (Fsp3) is 0.538. The van der Waals surface area contributed by atoms with Gasteiger partial charge in [-0.15, -0.1) is 4.72 Å². The van der Waals surface area contributed by atoms with Gasteiger partial charge in [-0.3, -0.25) is 0 Å². The number of hydrogen-bond acceptors (Lipinski definition) is 4. The standard InChI is InChI=1S/C13H20FNO3S/c1-13(2,3)19(18)15-11(6-7-16)10-8-9(14)4-5-12(10)17/h4-5,8,11,15-17H,6-7H2,1-3H3. The molecule has 1 rings (SSSR count). The van der Waals surface area contributed by atoms with Gasteiger partial charge in [0.2, 0.25) is 0 Å². The summed E-state index contributed by atoms with van der Waals surface area (Å²) < 4.78 is 27.6. The van der Waals surface area contributed by atoms with Gasteiger partial charge >= 0.3 is 0 Å². The minimum absolute atomic E-state index is 0.0849. The molecule has 2 unspecified atom stereocenters. The maximum atomic E-state index is 13.2. The molecule has 0 aliphatic rings. The first-order valence-electron chi connectivity index (χ1n) is 6.03. The van der Waals surface area contributed by atoms with Crippen molar-refractivity contribution in [1.82, 2.24) is 4.72 Å². The molecule has 0 bridgehead atoms. The lowest BCUT2D eigenvalue weighted by Gasteiger charge is -2.28. The lowest BCUT2D eigenvalue weighted by atomic mass is 10.0. The van der Waals surface area contributed by atoms with Crippen molar-refractivity contribution in [2.45, 2.75) is 38.0 Å². The van der Waals surface area contributed by atoms with Crippen molar-refractivity contribution in [3.05, 3.63) is 29.6 Å². The molecule has 1 aromatic rings. The second-order valence-electron chi connectivity index (χ2n) is 5.27. The summed E-state index contributed by atoms with van der Waals surface area (Å²) in [6, 6.07) is 3.01. The van der Waals surface area contributed by atoms with Gasteiger partial charge in [0.1, 0.15) is 16.3 Å². The minimum Gasteiger partial charge on any atom is -0.598 e. The normalized spacial score (nSPS) is 15.3. The topological polar surface area (TPSA) is 75.5 Å². The van der Waals surface area contributed by atoms with Crippen LogP contribution in [-0.2, 0) is 11.4 Å². The predicted molar refractivity (Wildman–Crippen MR) is 73.5 cm³/mol. The van der Waals surface area contributed by atoms with Crippen LogP contribution in [0, 0.1) is 5.82 Å². The van der Waals surface area contributed by atoms with Gasteiger partial charge in [0, 0.05) is 23.5 Å². The molecule has 0 saturated heterocycles. The Balaban J connectivity index is 2.97. The van der Waals surface area contributed by atoms with Gasteiger partial charge in [0.15, 0.2) is 0 Å². The summed E-state index contributed by atoms with van der Waals surface area (Å²) in [7, 11) is 0. The molecule has 4 nitrogen and oxygen atoms in total. The van der Waals surface area contributed by atoms with Crippen molar-refractivity contribution in [2.75, 3.05) is 6.61 Å². The zero-order valence-electron chi connectivity index (χ0n) is 11.3. The molecule has 108 valence electrons. The lowest BCUT2D eigenvalue weighted by molar-refractivity contribution is 0.271. The van der Waals surface area contributed by atoms with E-state index in [9.17, 15) is 14.0 Å². The van der Waals surface area contributed by atoms with Gasteiger partial charge in [0.25, 0.3) is 0 Å². The Morgan fingerprint density at radius 1 is 1.42 bits per heavy atom. The smallest absolute Gasteiger partial charge is 0.136 e.